The number of aromatic nitrogens is 3. The number of carbonyl (C=O) groups excluding carboxylic acids is 1. The van der Waals surface area contributed by atoms with Crippen LogP contribution in [0.4, 0.5) is 19.1 Å². The Morgan fingerprint density at radius 1 is 1.22 bits per heavy atom. The van der Waals surface area contributed by atoms with Crippen molar-refractivity contribution >= 4 is 11.9 Å². The smallest absolute Gasteiger partial charge is 0.366 e. The van der Waals surface area contributed by atoms with Crippen molar-refractivity contribution in [1.82, 2.24) is 14.8 Å². The SMILES string of the molecule is Nc1ncn(C(=O)c2ccc(C(F)(F)F)cc2)n1. The minimum absolute atomic E-state index is 0.0629. The van der Waals surface area contributed by atoms with Crippen LogP contribution in [0, 0.1) is 0 Å². The summed E-state index contributed by atoms with van der Waals surface area (Å²) in [5, 5.41) is 3.57. The Labute approximate surface area is 99.0 Å². The predicted octanol–water partition coefficient (Wildman–Crippen LogP) is 1.57. The molecule has 18 heavy (non-hydrogen) atoms. The summed E-state index contributed by atoms with van der Waals surface area (Å²) in [7, 11) is 0. The van der Waals surface area contributed by atoms with Crippen LogP contribution < -0.4 is 5.73 Å². The fourth-order valence-corrected chi connectivity index (χ4v) is 1.31. The van der Waals surface area contributed by atoms with E-state index in [2.05, 4.69) is 10.1 Å². The van der Waals surface area contributed by atoms with Crippen molar-refractivity contribution in [2.45, 2.75) is 6.18 Å². The first-order chi connectivity index (χ1) is 8.38. The molecule has 0 aliphatic carbocycles. The predicted molar refractivity (Wildman–Crippen MR) is 55.6 cm³/mol. The number of hydrogen-bond donors (Lipinski definition) is 1. The van der Waals surface area contributed by atoms with Crippen LogP contribution in [0.25, 0.3) is 0 Å². The number of rotatable bonds is 1. The van der Waals surface area contributed by atoms with E-state index in [-0.39, 0.29) is 11.5 Å². The standard InChI is InChI=1S/C10H7F3N4O/c11-10(12,13)7-3-1-6(2-4-7)8(18)17-5-15-9(14)16-17/h1-5H,(H2,14,16). The van der Waals surface area contributed by atoms with Gasteiger partial charge in [0.25, 0.3) is 5.91 Å². The number of benzene rings is 1. The second-order valence-electron chi connectivity index (χ2n) is 3.43. The first-order valence-corrected chi connectivity index (χ1v) is 4.77. The first kappa shape index (κ1) is 12.1. The Bertz CT molecular complexity index is 574. The summed E-state index contributed by atoms with van der Waals surface area (Å²) >= 11 is 0. The third-order valence-corrected chi connectivity index (χ3v) is 2.18. The molecular formula is C10H7F3N4O. The van der Waals surface area contributed by atoms with Crippen LogP contribution in [0.3, 0.4) is 0 Å². The van der Waals surface area contributed by atoms with Gasteiger partial charge in [0.1, 0.15) is 6.33 Å². The van der Waals surface area contributed by atoms with Crippen LogP contribution in [-0.4, -0.2) is 20.7 Å². The molecule has 2 rings (SSSR count). The topological polar surface area (TPSA) is 73.8 Å². The molecule has 0 fully saturated rings. The molecule has 1 heterocycles. The summed E-state index contributed by atoms with van der Waals surface area (Å²) < 4.78 is 37.8. The molecule has 0 saturated carbocycles. The molecule has 2 N–H and O–H groups in total. The number of halogens is 3. The van der Waals surface area contributed by atoms with Crippen molar-refractivity contribution in [3.63, 3.8) is 0 Å². The van der Waals surface area contributed by atoms with Crippen molar-refractivity contribution in [3.05, 3.63) is 41.7 Å². The Hall–Kier alpha value is -2.38. The molecule has 2 aromatic rings. The largest absolute Gasteiger partial charge is 0.416 e. The molecule has 0 aliphatic heterocycles. The number of nitrogens with two attached hydrogens (primary N) is 1. The minimum Gasteiger partial charge on any atom is -0.366 e. The lowest BCUT2D eigenvalue weighted by Gasteiger charge is -2.06. The van der Waals surface area contributed by atoms with Gasteiger partial charge >= 0.3 is 6.18 Å². The lowest BCUT2D eigenvalue weighted by atomic mass is 10.1. The van der Waals surface area contributed by atoms with E-state index in [0.29, 0.717) is 0 Å². The molecule has 94 valence electrons. The van der Waals surface area contributed by atoms with Crippen LogP contribution >= 0.6 is 0 Å². The molecule has 8 heteroatoms. The van der Waals surface area contributed by atoms with Crippen LogP contribution in [0.2, 0.25) is 0 Å². The van der Waals surface area contributed by atoms with E-state index in [1.165, 1.54) is 0 Å². The summed E-state index contributed by atoms with van der Waals surface area (Å²) in [6.07, 6.45) is -3.34. The van der Waals surface area contributed by atoms with Crippen molar-refractivity contribution in [2.24, 2.45) is 0 Å². The second-order valence-corrected chi connectivity index (χ2v) is 3.43. The average Bonchev–Trinajstić information content (AvgIpc) is 2.74. The summed E-state index contributed by atoms with van der Waals surface area (Å²) in [4.78, 5) is 15.3. The Morgan fingerprint density at radius 2 is 1.83 bits per heavy atom. The van der Waals surface area contributed by atoms with Gasteiger partial charge < -0.3 is 5.73 Å². The molecule has 0 spiro atoms. The van der Waals surface area contributed by atoms with Crippen molar-refractivity contribution in [2.75, 3.05) is 5.73 Å². The number of nitrogens with zero attached hydrogens (tertiary/aromatic N) is 3. The summed E-state index contributed by atoms with van der Waals surface area (Å²) in [6.45, 7) is 0. The number of carbonyl (C=O) groups is 1. The fourth-order valence-electron chi connectivity index (χ4n) is 1.31. The van der Waals surface area contributed by atoms with Gasteiger partial charge in [-0.25, -0.2) is 4.98 Å². The molecule has 0 bridgehead atoms. The van der Waals surface area contributed by atoms with E-state index in [1.54, 1.807) is 0 Å². The van der Waals surface area contributed by atoms with Crippen LogP contribution in [-0.2, 0) is 6.18 Å². The van der Waals surface area contributed by atoms with E-state index >= 15 is 0 Å². The molecule has 1 aromatic heterocycles. The zero-order valence-corrected chi connectivity index (χ0v) is 8.85. The van der Waals surface area contributed by atoms with Crippen molar-refractivity contribution in [1.29, 1.82) is 0 Å². The lowest BCUT2D eigenvalue weighted by molar-refractivity contribution is -0.137. The molecule has 0 amide bonds. The van der Waals surface area contributed by atoms with Crippen LogP contribution in [0.1, 0.15) is 15.9 Å². The van der Waals surface area contributed by atoms with Gasteiger partial charge in [-0.3, -0.25) is 4.79 Å². The zero-order chi connectivity index (χ0) is 13.3. The first-order valence-electron chi connectivity index (χ1n) is 4.77. The van der Waals surface area contributed by atoms with Gasteiger partial charge in [0.15, 0.2) is 0 Å². The minimum atomic E-state index is -4.43. The van der Waals surface area contributed by atoms with E-state index in [0.717, 1.165) is 35.3 Å². The van der Waals surface area contributed by atoms with Gasteiger partial charge in [-0.15, -0.1) is 5.10 Å². The molecule has 0 atom stereocenters. The number of alkyl halides is 3. The maximum Gasteiger partial charge on any atom is 0.416 e. The third-order valence-electron chi connectivity index (χ3n) is 2.18. The van der Waals surface area contributed by atoms with Gasteiger partial charge in [0.2, 0.25) is 5.95 Å². The Kier molecular flexibility index (Phi) is 2.77. The summed E-state index contributed by atoms with van der Waals surface area (Å²) in [6, 6.07) is 3.80. The quantitative estimate of drug-likeness (QED) is 0.840. The molecule has 0 unspecified atom stereocenters. The number of hydrogen-bond acceptors (Lipinski definition) is 4. The van der Waals surface area contributed by atoms with Crippen molar-refractivity contribution in [3.8, 4) is 0 Å². The third kappa shape index (κ3) is 2.31. The Balaban J connectivity index is 2.28. The molecule has 0 aliphatic rings. The van der Waals surface area contributed by atoms with Gasteiger partial charge in [0.05, 0.1) is 5.56 Å². The molecule has 0 saturated heterocycles. The molecule has 1 aromatic carbocycles. The summed E-state index contributed by atoms with van der Waals surface area (Å²) in [5.74, 6) is -0.691. The van der Waals surface area contributed by atoms with Crippen molar-refractivity contribution < 1.29 is 18.0 Å². The van der Waals surface area contributed by atoms with E-state index in [9.17, 15) is 18.0 Å². The average molecular weight is 256 g/mol. The lowest BCUT2D eigenvalue weighted by Crippen LogP contribution is -2.13. The number of anilines is 1. The molecule has 0 radical (unpaired) electrons. The van der Waals surface area contributed by atoms with E-state index < -0.39 is 17.6 Å². The highest BCUT2D eigenvalue weighted by Crippen LogP contribution is 2.29. The van der Waals surface area contributed by atoms with Gasteiger partial charge in [-0.2, -0.15) is 17.9 Å². The van der Waals surface area contributed by atoms with Crippen LogP contribution in [0.5, 0.6) is 0 Å². The van der Waals surface area contributed by atoms with Gasteiger partial charge in [-0.05, 0) is 24.3 Å². The van der Waals surface area contributed by atoms with Gasteiger partial charge in [-0.1, -0.05) is 0 Å². The van der Waals surface area contributed by atoms with Gasteiger partial charge in [0, 0.05) is 5.56 Å². The van der Waals surface area contributed by atoms with E-state index in [1.807, 2.05) is 0 Å². The monoisotopic (exact) mass is 256 g/mol. The highest BCUT2D eigenvalue weighted by molar-refractivity contribution is 5.95. The second kappa shape index (κ2) is 4.13. The molecule has 5 nitrogen and oxygen atoms in total. The maximum atomic E-state index is 12.3. The summed E-state index contributed by atoms with van der Waals surface area (Å²) in [5.41, 5.74) is 4.47. The zero-order valence-electron chi connectivity index (χ0n) is 8.85. The normalized spacial score (nSPS) is 11.5. The fraction of sp³-hybridized carbons (Fsp3) is 0.100. The number of nitrogen functional groups attached to an aromatic ring is 1. The Morgan fingerprint density at radius 3 is 2.28 bits per heavy atom. The highest BCUT2D eigenvalue weighted by Gasteiger charge is 2.30. The molecular weight excluding hydrogens is 249 g/mol. The van der Waals surface area contributed by atoms with E-state index in [4.69, 9.17) is 5.73 Å². The maximum absolute atomic E-state index is 12.3. The highest BCUT2D eigenvalue weighted by atomic mass is 19.4. The van der Waals surface area contributed by atoms with Crippen LogP contribution in [0.15, 0.2) is 30.6 Å².